The Labute approximate surface area is 207 Å². The number of hydrogen-bond acceptors (Lipinski definition) is 8. The maximum Gasteiger partial charge on any atom is 0.246 e. The third kappa shape index (κ3) is 5.67. The number of amidine groups is 1. The standard InChI is InChI=1S/C24H25ClN8O2/c1-2-20(34)32-9-11-33(12-10-32)23(27)21-22(26)29-15-30-24(21)31-16-6-7-19(18(25)13-16)35-14-17-5-3-4-8-28-17/h2-8,13,15,27H,1,9-12,14H2,(H3,26,29,30,31). The van der Waals surface area contributed by atoms with E-state index in [1.165, 1.54) is 12.4 Å². The lowest BCUT2D eigenvalue weighted by molar-refractivity contribution is -0.127. The van der Waals surface area contributed by atoms with Crippen molar-refractivity contribution in [2.24, 2.45) is 0 Å². The Hall–Kier alpha value is -4.18. The Bertz CT molecular complexity index is 1230. The number of aromatic nitrogens is 3. The summed E-state index contributed by atoms with van der Waals surface area (Å²) in [5.74, 6) is 1.14. The normalized spacial score (nSPS) is 13.3. The summed E-state index contributed by atoms with van der Waals surface area (Å²) in [6.45, 7) is 5.77. The van der Waals surface area contributed by atoms with Gasteiger partial charge in [-0.05, 0) is 36.4 Å². The van der Waals surface area contributed by atoms with E-state index in [9.17, 15) is 4.79 Å². The molecule has 1 aliphatic heterocycles. The summed E-state index contributed by atoms with van der Waals surface area (Å²) in [4.78, 5) is 28.0. The van der Waals surface area contributed by atoms with E-state index in [1.54, 1.807) is 29.3 Å². The second-order valence-corrected chi connectivity index (χ2v) is 8.13. The summed E-state index contributed by atoms with van der Waals surface area (Å²) in [5.41, 5.74) is 7.96. The summed E-state index contributed by atoms with van der Waals surface area (Å²) < 4.78 is 5.78. The SMILES string of the molecule is C=CC(=O)N1CCN(C(=N)c2c(N)ncnc2Nc2ccc(OCc3ccccn3)c(Cl)c2)CC1. The zero-order valence-electron chi connectivity index (χ0n) is 18.9. The van der Waals surface area contributed by atoms with Crippen molar-refractivity contribution in [1.29, 1.82) is 5.41 Å². The molecule has 10 nitrogen and oxygen atoms in total. The predicted molar refractivity (Wildman–Crippen MR) is 135 cm³/mol. The molecule has 1 amide bonds. The average Bonchev–Trinajstić information content (AvgIpc) is 2.88. The van der Waals surface area contributed by atoms with Crippen LogP contribution in [0, 0.1) is 5.41 Å². The highest BCUT2D eigenvalue weighted by molar-refractivity contribution is 6.32. The van der Waals surface area contributed by atoms with Crippen molar-refractivity contribution in [2.45, 2.75) is 6.61 Å². The van der Waals surface area contributed by atoms with Crippen LogP contribution in [0.3, 0.4) is 0 Å². The van der Waals surface area contributed by atoms with Crippen LogP contribution < -0.4 is 15.8 Å². The molecule has 180 valence electrons. The van der Waals surface area contributed by atoms with Gasteiger partial charge in [0.2, 0.25) is 5.91 Å². The lowest BCUT2D eigenvalue weighted by atomic mass is 10.2. The molecule has 0 radical (unpaired) electrons. The van der Waals surface area contributed by atoms with Crippen LogP contribution >= 0.6 is 11.6 Å². The van der Waals surface area contributed by atoms with E-state index in [1.807, 2.05) is 23.1 Å². The lowest BCUT2D eigenvalue weighted by Crippen LogP contribution is -2.50. The van der Waals surface area contributed by atoms with Gasteiger partial charge in [0, 0.05) is 38.1 Å². The number of benzene rings is 1. The van der Waals surface area contributed by atoms with E-state index in [4.69, 9.17) is 27.5 Å². The van der Waals surface area contributed by atoms with Gasteiger partial charge in [-0.25, -0.2) is 9.97 Å². The van der Waals surface area contributed by atoms with Gasteiger partial charge in [0.25, 0.3) is 0 Å². The molecule has 0 spiro atoms. The minimum absolute atomic E-state index is 0.120. The number of halogens is 1. The highest BCUT2D eigenvalue weighted by Gasteiger charge is 2.25. The first-order valence-corrected chi connectivity index (χ1v) is 11.3. The molecule has 1 fully saturated rings. The number of amides is 1. The molecule has 3 heterocycles. The average molecular weight is 493 g/mol. The van der Waals surface area contributed by atoms with E-state index < -0.39 is 0 Å². The number of nitrogens with one attached hydrogen (secondary N) is 2. The number of anilines is 3. The lowest BCUT2D eigenvalue weighted by Gasteiger charge is -2.36. The van der Waals surface area contributed by atoms with Crippen molar-refractivity contribution in [3.8, 4) is 5.75 Å². The number of carbonyl (C=O) groups excluding carboxylic acids is 1. The van der Waals surface area contributed by atoms with Crippen molar-refractivity contribution in [3.63, 3.8) is 0 Å². The fourth-order valence-electron chi connectivity index (χ4n) is 3.63. The van der Waals surface area contributed by atoms with Crippen LogP contribution in [-0.4, -0.2) is 62.7 Å². The molecular weight excluding hydrogens is 468 g/mol. The first kappa shape index (κ1) is 24.0. The Morgan fingerprint density at radius 2 is 1.94 bits per heavy atom. The maximum absolute atomic E-state index is 11.9. The quantitative estimate of drug-likeness (QED) is 0.260. The highest BCUT2D eigenvalue weighted by atomic mass is 35.5. The zero-order chi connectivity index (χ0) is 24.8. The van der Waals surface area contributed by atoms with E-state index in [0.717, 1.165) is 5.69 Å². The summed E-state index contributed by atoms with van der Waals surface area (Å²) >= 11 is 6.44. The van der Waals surface area contributed by atoms with Crippen molar-refractivity contribution >= 4 is 40.7 Å². The van der Waals surface area contributed by atoms with Crippen molar-refractivity contribution in [2.75, 3.05) is 37.2 Å². The fourth-order valence-corrected chi connectivity index (χ4v) is 3.87. The molecule has 0 saturated carbocycles. The minimum atomic E-state index is -0.120. The summed E-state index contributed by atoms with van der Waals surface area (Å²) in [7, 11) is 0. The number of nitrogens with zero attached hydrogens (tertiary/aromatic N) is 5. The molecular formula is C24H25ClN8O2. The highest BCUT2D eigenvalue weighted by Crippen LogP contribution is 2.31. The van der Waals surface area contributed by atoms with Crippen LogP contribution in [0.1, 0.15) is 11.3 Å². The van der Waals surface area contributed by atoms with E-state index in [2.05, 4.69) is 26.8 Å². The molecule has 0 unspecified atom stereocenters. The number of carbonyl (C=O) groups is 1. The number of pyridine rings is 1. The van der Waals surface area contributed by atoms with Crippen LogP contribution in [0.25, 0.3) is 0 Å². The van der Waals surface area contributed by atoms with Gasteiger partial charge in [-0.3, -0.25) is 15.2 Å². The van der Waals surface area contributed by atoms with E-state index >= 15 is 0 Å². The summed E-state index contributed by atoms with van der Waals surface area (Å²) in [6.07, 6.45) is 4.34. The molecule has 3 aromatic rings. The molecule has 2 aromatic heterocycles. The second kappa shape index (κ2) is 10.8. The smallest absolute Gasteiger partial charge is 0.246 e. The molecule has 0 atom stereocenters. The molecule has 0 bridgehead atoms. The molecule has 4 N–H and O–H groups in total. The topological polar surface area (TPSA) is 133 Å². The molecule has 35 heavy (non-hydrogen) atoms. The largest absolute Gasteiger partial charge is 0.486 e. The summed E-state index contributed by atoms with van der Waals surface area (Å²) in [5, 5.41) is 12.3. The number of hydrogen-bond donors (Lipinski definition) is 3. The Balaban J connectivity index is 1.47. The number of piperazine rings is 1. The predicted octanol–water partition coefficient (Wildman–Crippen LogP) is 3.09. The van der Waals surface area contributed by atoms with Crippen molar-refractivity contribution in [3.05, 3.63) is 77.9 Å². The van der Waals surface area contributed by atoms with Gasteiger partial charge >= 0.3 is 0 Å². The Morgan fingerprint density at radius 3 is 2.63 bits per heavy atom. The molecule has 1 aromatic carbocycles. The number of ether oxygens (including phenoxy) is 1. The van der Waals surface area contributed by atoms with Gasteiger partial charge in [0.15, 0.2) is 0 Å². The minimum Gasteiger partial charge on any atom is -0.486 e. The zero-order valence-corrected chi connectivity index (χ0v) is 19.7. The maximum atomic E-state index is 11.9. The van der Waals surface area contributed by atoms with Crippen molar-refractivity contribution in [1.82, 2.24) is 24.8 Å². The Morgan fingerprint density at radius 1 is 1.17 bits per heavy atom. The van der Waals surface area contributed by atoms with Gasteiger partial charge in [0.05, 0.1) is 10.7 Å². The first-order chi connectivity index (χ1) is 17.0. The van der Waals surface area contributed by atoms with Crippen LogP contribution in [-0.2, 0) is 11.4 Å². The third-order valence-electron chi connectivity index (χ3n) is 5.49. The monoisotopic (exact) mass is 492 g/mol. The Kier molecular flexibility index (Phi) is 7.41. The number of nitrogens with two attached hydrogens (primary N) is 1. The van der Waals surface area contributed by atoms with Crippen molar-refractivity contribution < 1.29 is 9.53 Å². The van der Waals surface area contributed by atoms with E-state index in [-0.39, 0.29) is 17.6 Å². The van der Waals surface area contributed by atoms with Crippen LogP contribution in [0.5, 0.6) is 5.75 Å². The van der Waals surface area contributed by atoms with Gasteiger partial charge in [-0.1, -0.05) is 24.2 Å². The van der Waals surface area contributed by atoms with E-state index in [0.29, 0.717) is 60.6 Å². The van der Waals surface area contributed by atoms with Gasteiger partial charge in [-0.2, -0.15) is 0 Å². The summed E-state index contributed by atoms with van der Waals surface area (Å²) in [6, 6.07) is 10.9. The van der Waals surface area contributed by atoms with Gasteiger partial charge in [0.1, 0.15) is 41.7 Å². The van der Waals surface area contributed by atoms with Gasteiger partial charge < -0.3 is 25.6 Å². The third-order valence-corrected chi connectivity index (χ3v) is 5.79. The van der Waals surface area contributed by atoms with Crippen LogP contribution in [0.4, 0.5) is 17.3 Å². The molecule has 1 aliphatic rings. The number of nitrogen functional groups attached to an aromatic ring is 1. The van der Waals surface area contributed by atoms with Crippen LogP contribution in [0.15, 0.2) is 61.6 Å². The molecule has 11 heteroatoms. The van der Waals surface area contributed by atoms with Gasteiger partial charge in [-0.15, -0.1) is 0 Å². The fraction of sp³-hybridized carbons (Fsp3) is 0.208. The molecule has 1 saturated heterocycles. The first-order valence-electron chi connectivity index (χ1n) is 10.9. The second-order valence-electron chi connectivity index (χ2n) is 7.73. The van der Waals surface area contributed by atoms with Crippen LogP contribution in [0.2, 0.25) is 5.02 Å². The number of rotatable bonds is 7. The molecule has 0 aliphatic carbocycles. The molecule has 4 rings (SSSR count).